The molecule has 0 saturated carbocycles. The Labute approximate surface area is 151 Å². The van der Waals surface area contributed by atoms with Gasteiger partial charge in [-0.1, -0.05) is 6.07 Å². The number of nitrogens with zero attached hydrogens (tertiary/aromatic N) is 4. The summed E-state index contributed by atoms with van der Waals surface area (Å²) in [4.78, 5) is 9.07. The van der Waals surface area contributed by atoms with Crippen molar-refractivity contribution in [2.45, 2.75) is 30.7 Å². The highest BCUT2D eigenvalue weighted by atomic mass is 32.2. The molecule has 1 atom stereocenters. The number of rotatable bonds is 4. The van der Waals surface area contributed by atoms with Crippen molar-refractivity contribution in [3.8, 4) is 0 Å². The molecule has 3 aromatic rings. The highest BCUT2D eigenvalue weighted by Crippen LogP contribution is 2.32. The molecule has 136 valence electrons. The van der Waals surface area contributed by atoms with E-state index in [1.165, 1.54) is 22.5 Å². The van der Waals surface area contributed by atoms with Crippen LogP contribution in [0.1, 0.15) is 25.1 Å². The molecular weight excluding hydrogens is 355 g/mol. The molecular formula is C18H19FN4O2S. The molecule has 0 N–H and O–H groups in total. The van der Waals surface area contributed by atoms with Gasteiger partial charge in [0.25, 0.3) is 0 Å². The van der Waals surface area contributed by atoms with E-state index in [1.807, 2.05) is 23.6 Å². The number of sulfonamides is 1. The van der Waals surface area contributed by atoms with Crippen molar-refractivity contribution in [3.63, 3.8) is 0 Å². The topological polar surface area (TPSA) is 68.1 Å². The molecule has 0 bridgehead atoms. The molecule has 2 aromatic heterocycles. The molecule has 0 radical (unpaired) electrons. The first kappa shape index (κ1) is 17.1. The van der Waals surface area contributed by atoms with E-state index in [9.17, 15) is 12.8 Å². The van der Waals surface area contributed by atoms with Crippen LogP contribution in [-0.2, 0) is 16.6 Å². The second kappa shape index (κ2) is 6.44. The van der Waals surface area contributed by atoms with Crippen LogP contribution in [0.4, 0.5) is 4.39 Å². The van der Waals surface area contributed by atoms with Crippen LogP contribution in [0.25, 0.3) is 11.2 Å². The Hall–Kier alpha value is -2.32. The Bertz CT molecular complexity index is 1060. The third-order valence-electron chi connectivity index (χ3n) is 4.80. The number of hydrogen-bond acceptors (Lipinski definition) is 4. The van der Waals surface area contributed by atoms with Crippen LogP contribution in [-0.4, -0.2) is 40.3 Å². The van der Waals surface area contributed by atoms with E-state index in [4.69, 9.17) is 0 Å². The zero-order valence-corrected chi connectivity index (χ0v) is 15.2. The second-order valence-corrected chi connectivity index (χ2v) is 8.30. The Morgan fingerprint density at radius 1 is 1.27 bits per heavy atom. The average molecular weight is 374 g/mol. The highest BCUT2D eigenvalue weighted by molar-refractivity contribution is 7.89. The fraction of sp³-hybridized carbons (Fsp3) is 0.333. The van der Waals surface area contributed by atoms with Crippen LogP contribution >= 0.6 is 0 Å². The monoisotopic (exact) mass is 374 g/mol. The van der Waals surface area contributed by atoms with E-state index in [0.29, 0.717) is 19.5 Å². The van der Waals surface area contributed by atoms with Crippen molar-refractivity contribution in [1.82, 2.24) is 18.8 Å². The van der Waals surface area contributed by atoms with Gasteiger partial charge in [-0.3, -0.25) is 0 Å². The maximum atomic E-state index is 13.4. The molecule has 4 rings (SSSR count). The van der Waals surface area contributed by atoms with Crippen molar-refractivity contribution in [1.29, 1.82) is 0 Å². The summed E-state index contributed by atoms with van der Waals surface area (Å²) in [6.45, 7) is 3.47. The lowest BCUT2D eigenvalue weighted by Crippen LogP contribution is -2.29. The first-order valence-corrected chi connectivity index (χ1v) is 10.0. The van der Waals surface area contributed by atoms with Gasteiger partial charge in [0.05, 0.1) is 4.90 Å². The van der Waals surface area contributed by atoms with Gasteiger partial charge in [0.2, 0.25) is 10.0 Å². The quantitative estimate of drug-likeness (QED) is 0.704. The molecule has 0 amide bonds. The summed E-state index contributed by atoms with van der Waals surface area (Å²) in [5, 5.41) is 0. The predicted octanol–water partition coefficient (Wildman–Crippen LogP) is 2.77. The van der Waals surface area contributed by atoms with Crippen LogP contribution in [0.5, 0.6) is 0 Å². The number of aryl methyl sites for hydroxylation is 1. The van der Waals surface area contributed by atoms with Gasteiger partial charge in [0.15, 0.2) is 5.65 Å². The summed E-state index contributed by atoms with van der Waals surface area (Å²) in [5.41, 5.74) is 1.63. The van der Waals surface area contributed by atoms with Gasteiger partial charge in [0, 0.05) is 31.7 Å². The minimum absolute atomic E-state index is 0.00696. The second-order valence-electron chi connectivity index (χ2n) is 6.37. The van der Waals surface area contributed by atoms with E-state index in [-0.39, 0.29) is 10.8 Å². The maximum Gasteiger partial charge on any atom is 0.243 e. The lowest BCUT2D eigenvalue weighted by Gasteiger charge is -2.17. The molecule has 8 heteroatoms. The minimum Gasteiger partial charge on any atom is -0.313 e. The third kappa shape index (κ3) is 2.79. The first-order chi connectivity index (χ1) is 12.5. The molecule has 1 aliphatic heterocycles. The number of hydrogen-bond donors (Lipinski definition) is 0. The van der Waals surface area contributed by atoms with Gasteiger partial charge >= 0.3 is 0 Å². The number of benzene rings is 1. The van der Waals surface area contributed by atoms with Gasteiger partial charge in [-0.25, -0.2) is 22.8 Å². The van der Waals surface area contributed by atoms with E-state index in [1.54, 1.807) is 6.20 Å². The van der Waals surface area contributed by atoms with Gasteiger partial charge in [-0.05, 0) is 43.7 Å². The van der Waals surface area contributed by atoms with E-state index >= 15 is 0 Å². The normalized spacial score (nSPS) is 18.6. The van der Waals surface area contributed by atoms with Crippen LogP contribution in [0.3, 0.4) is 0 Å². The molecule has 0 unspecified atom stereocenters. The van der Waals surface area contributed by atoms with E-state index in [0.717, 1.165) is 29.6 Å². The van der Waals surface area contributed by atoms with Gasteiger partial charge in [0.1, 0.15) is 17.2 Å². The summed E-state index contributed by atoms with van der Waals surface area (Å²) in [5.74, 6) is 0.297. The first-order valence-electron chi connectivity index (χ1n) is 8.57. The Kier molecular flexibility index (Phi) is 4.24. The largest absolute Gasteiger partial charge is 0.313 e. The van der Waals surface area contributed by atoms with Gasteiger partial charge < -0.3 is 4.57 Å². The Balaban J connectivity index is 1.65. The van der Waals surface area contributed by atoms with E-state index < -0.39 is 15.8 Å². The molecule has 0 aliphatic carbocycles. The molecule has 0 spiro atoms. The van der Waals surface area contributed by atoms with E-state index in [2.05, 4.69) is 9.97 Å². The minimum atomic E-state index is -3.71. The molecule has 1 aromatic carbocycles. The fourth-order valence-corrected chi connectivity index (χ4v) is 5.07. The van der Waals surface area contributed by atoms with Crippen LogP contribution in [0.2, 0.25) is 0 Å². The Morgan fingerprint density at radius 3 is 2.88 bits per heavy atom. The summed E-state index contributed by atoms with van der Waals surface area (Å²) >= 11 is 0. The summed E-state index contributed by atoms with van der Waals surface area (Å²) in [6, 6.07) is 8.90. The lowest BCUT2D eigenvalue weighted by molar-refractivity contribution is 0.468. The van der Waals surface area contributed by atoms with Crippen LogP contribution < -0.4 is 0 Å². The van der Waals surface area contributed by atoms with Crippen molar-refractivity contribution < 1.29 is 12.8 Å². The molecule has 1 aliphatic rings. The molecule has 3 heterocycles. The molecule has 26 heavy (non-hydrogen) atoms. The zero-order valence-electron chi connectivity index (χ0n) is 14.3. The number of aromatic nitrogens is 3. The molecule has 1 fully saturated rings. The van der Waals surface area contributed by atoms with Crippen molar-refractivity contribution in [2.75, 3.05) is 13.1 Å². The summed E-state index contributed by atoms with van der Waals surface area (Å²) in [7, 11) is -3.71. The van der Waals surface area contributed by atoms with Crippen LogP contribution in [0.15, 0.2) is 47.5 Å². The van der Waals surface area contributed by atoms with Gasteiger partial charge in [-0.2, -0.15) is 4.31 Å². The Morgan fingerprint density at radius 2 is 2.12 bits per heavy atom. The predicted molar refractivity (Wildman–Crippen MR) is 95.7 cm³/mol. The number of imidazole rings is 1. The summed E-state index contributed by atoms with van der Waals surface area (Å²) in [6.07, 6.45) is 2.41. The van der Waals surface area contributed by atoms with Crippen molar-refractivity contribution >= 4 is 21.2 Å². The zero-order chi connectivity index (χ0) is 18.3. The average Bonchev–Trinajstić information content (AvgIpc) is 3.26. The number of halogens is 1. The summed E-state index contributed by atoms with van der Waals surface area (Å²) < 4.78 is 42.5. The van der Waals surface area contributed by atoms with Crippen molar-refractivity contribution in [3.05, 3.63) is 54.2 Å². The fourth-order valence-electron chi connectivity index (χ4n) is 3.53. The standard InChI is InChI=1S/C18H19FN4O2S/c1-2-23-17(21-16-7-4-9-20-18(16)23)13-8-10-22(12-13)26(24,25)15-6-3-5-14(19)11-15/h3-7,9,11,13H,2,8,10,12H2,1H3/t13-/m1/s1. The smallest absolute Gasteiger partial charge is 0.243 e. The number of pyridine rings is 1. The van der Waals surface area contributed by atoms with Gasteiger partial charge in [-0.15, -0.1) is 0 Å². The van der Waals surface area contributed by atoms with Crippen molar-refractivity contribution in [2.24, 2.45) is 0 Å². The third-order valence-corrected chi connectivity index (χ3v) is 6.66. The molecule has 6 nitrogen and oxygen atoms in total. The highest BCUT2D eigenvalue weighted by Gasteiger charge is 2.35. The maximum absolute atomic E-state index is 13.4. The molecule has 1 saturated heterocycles. The number of fused-ring (bicyclic) bond motifs is 1. The SMILES string of the molecule is CCn1c([C@@H]2CCN(S(=O)(=O)c3cccc(F)c3)C2)nc2cccnc21. The lowest BCUT2D eigenvalue weighted by atomic mass is 10.1. The van der Waals surface area contributed by atoms with Crippen LogP contribution in [0, 0.1) is 5.82 Å².